The van der Waals surface area contributed by atoms with Gasteiger partial charge in [-0.1, -0.05) is 12.1 Å². The van der Waals surface area contributed by atoms with Gasteiger partial charge in [-0.05, 0) is 48.0 Å². The predicted octanol–water partition coefficient (Wildman–Crippen LogP) is 4.05. The van der Waals surface area contributed by atoms with Gasteiger partial charge in [0.05, 0.1) is 37.1 Å². The van der Waals surface area contributed by atoms with Crippen LogP contribution in [0.2, 0.25) is 0 Å². The molecule has 0 bridgehead atoms. The number of pyridine rings is 1. The molecule has 0 unspecified atom stereocenters. The SMILES string of the molecule is COc1ccc(Cn2cc(S(=O)(=O)c3ccc(F)cc3)c(=O)c3cc(OC)c(OC)cc32)cc1. The van der Waals surface area contributed by atoms with Crippen molar-refractivity contribution in [3.63, 3.8) is 0 Å². The third-order valence-corrected chi connectivity index (χ3v) is 7.24. The minimum Gasteiger partial charge on any atom is -0.497 e. The van der Waals surface area contributed by atoms with Crippen LogP contribution in [0.1, 0.15) is 5.56 Å². The topological polar surface area (TPSA) is 83.8 Å². The first-order chi connectivity index (χ1) is 16.3. The van der Waals surface area contributed by atoms with Gasteiger partial charge in [0, 0.05) is 18.8 Å². The van der Waals surface area contributed by atoms with Crippen LogP contribution in [0.5, 0.6) is 17.2 Å². The third-order valence-electron chi connectivity index (χ3n) is 5.48. The van der Waals surface area contributed by atoms with Crippen molar-refractivity contribution in [1.82, 2.24) is 4.57 Å². The van der Waals surface area contributed by atoms with Gasteiger partial charge in [-0.2, -0.15) is 0 Å². The highest BCUT2D eigenvalue weighted by Crippen LogP contribution is 2.32. The molecule has 34 heavy (non-hydrogen) atoms. The Labute approximate surface area is 195 Å². The van der Waals surface area contributed by atoms with Crippen LogP contribution >= 0.6 is 0 Å². The van der Waals surface area contributed by atoms with Gasteiger partial charge in [0.15, 0.2) is 11.5 Å². The van der Waals surface area contributed by atoms with Crippen LogP contribution in [-0.2, 0) is 16.4 Å². The second-order valence-electron chi connectivity index (χ2n) is 7.48. The first kappa shape index (κ1) is 23.3. The number of sulfone groups is 1. The average Bonchev–Trinajstić information content (AvgIpc) is 2.85. The van der Waals surface area contributed by atoms with Crippen LogP contribution in [0.25, 0.3) is 10.9 Å². The van der Waals surface area contributed by atoms with Gasteiger partial charge in [-0.25, -0.2) is 12.8 Å². The van der Waals surface area contributed by atoms with Crippen molar-refractivity contribution >= 4 is 20.7 Å². The van der Waals surface area contributed by atoms with E-state index in [9.17, 15) is 17.6 Å². The van der Waals surface area contributed by atoms with E-state index in [4.69, 9.17) is 14.2 Å². The maximum Gasteiger partial charge on any atom is 0.211 e. The lowest BCUT2D eigenvalue weighted by Gasteiger charge is -2.16. The molecule has 4 aromatic rings. The van der Waals surface area contributed by atoms with Crippen LogP contribution in [0.4, 0.5) is 4.39 Å². The van der Waals surface area contributed by atoms with Crippen LogP contribution in [0.3, 0.4) is 0 Å². The number of halogens is 1. The molecule has 0 fully saturated rings. The number of rotatable bonds is 7. The zero-order chi connectivity index (χ0) is 24.5. The summed E-state index contributed by atoms with van der Waals surface area (Å²) in [6.45, 7) is 0.266. The average molecular weight is 484 g/mol. The molecule has 0 aliphatic carbocycles. The summed E-state index contributed by atoms with van der Waals surface area (Å²) in [6, 6.07) is 14.7. The Morgan fingerprint density at radius 1 is 0.853 bits per heavy atom. The summed E-state index contributed by atoms with van der Waals surface area (Å²) in [6.07, 6.45) is 1.31. The zero-order valence-corrected chi connectivity index (χ0v) is 19.6. The lowest BCUT2D eigenvalue weighted by atomic mass is 10.1. The van der Waals surface area contributed by atoms with E-state index >= 15 is 0 Å². The largest absolute Gasteiger partial charge is 0.497 e. The zero-order valence-electron chi connectivity index (χ0n) is 18.7. The Balaban J connectivity index is 1.98. The van der Waals surface area contributed by atoms with Gasteiger partial charge in [0.2, 0.25) is 15.3 Å². The molecule has 0 aliphatic rings. The lowest BCUT2D eigenvalue weighted by Crippen LogP contribution is -2.20. The van der Waals surface area contributed by atoms with E-state index < -0.39 is 26.0 Å². The Kier molecular flexibility index (Phi) is 6.30. The molecule has 1 heterocycles. The number of nitrogens with zero attached hydrogens (tertiary/aromatic N) is 1. The quantitative estimate of drug-likeness (QED) is 0.369. The smallest absolute Gasteiger partial charge is 0.211 e. The highest BCUT2D eigenvalue weighted by molar-refractivity contribution is 7.91. The molecule has 0 saturated carbocycles. The fourth-order valence-corrected chi connectivity index (χ4v) is 5.05. The van der Waals surface area contributed by atoms with Crippen molar-refractivity contribution in [2.45, 2.75) is 16.3 Å². The van der Waals surface area contributed by atoms with Crippen molar-refractivity contribution in [1.29, 1.82) is 0 Å². The number of aromatic nitrogens is 1. The van der Waals surface area contributed by atoms with Gasteiger partial charge in [0.1, 0.15) is 16.5 Å². The Hall–Kier alpha value is -3.85. The molecule has 0 amide bonds. The van der Waals surface area contributed by atoms with Crippen molar-refractivity contribution in [2.75, 3.05) is 21.3 Å². The second kappa shape index (κ2) is 9.18. The standard InChI is InChI=1S/C25H22FNO6S/c1-31-18-8-4-16(5-9-18)14-27-15-24(34(29,30)19-10-6-17(26)7-11-19)25(28)20-12-22(32-2)23(33-3)13-21(20)27/h4-13,15H,14H2,1-3H3. The van der Waals surface area contributed by atoms with E-state index in [-0.39, 0.29) is 16.8 Å². The van der Waals surface area contributed by atoms with E-state index in [0.29, 0.717) is 22.8 Å². The third kappa shape index (κ3) is 4.22. The van der Waals surface area contributed by atoms with E-state index in [1.165, 1.54) is 26.5 Å². The van der Waals surface area contributed by atoms with Crippen LogP contribution < -0.4 is 19.6 Å². The number of ether oxygens (including phenoxy) is 3. The van der Waals surface area contributed by atoms with Gasteiger partial charge in [-0.3, -0.25) is 4.79 Å². The summed E-state index contributed by atoms with van der Waals surface area (Å²) >= 11 is 0. The van der Waals surface area contributed by atoms with E-state index in [1.54, 1.807) is 29.9 Å². The molecule has 176 valence electrons. The molecule has 0 aliphatic heterocycles. The molecule has 3 aromatic carbocycles. The van der Waals surface area contributed by atoms with Crippen molar-refractivity contribution in [3.8, 4) is 17.2 Å². The van der Waals surface area contributed by atoms with Crippen LogP contribution in [0, 0.1) is 5.82 Å². The molecule has 0 N–H and O–H groups in total. The number of fused-ring (bicyclic) bond motifs is 1. The summed E-state index contributed by atoms with van der Waals surface area (Å²) in [5, 5.41) is 0.148. The number of methoxy groups -OCH3 is 3. The summed E-state index contributed by atoms with van der Waals surface area (Å²) < 4.78 is 57.7. The Morgan fingerprint density at radius 2 is 1.47 bits per heavy atom. The number of hydrogen-bond acceptors (Lipinski definition) is 6. The van der Waals surface area contributed by atoms with Gasteiger partial charge < -0.3 is 18.8 Å². The maximum absolute atomic E-state index is 13.4. The van der Waals surface area contributed by atoms with Crippen molar-refractivity contribution < 1.29 is 27.0 Å². The predicted molar refractivity (Wildman–Crippen MR) is 125 cm³/mol. The molecular formula is C25H22FNO6S. The number of hydrogen-bond donors (Lipinski definition) is 0. The van der Waals surface area contributed by atoms with Gasteiger partial charge in [-0.15, -0.1) is 0 Å². The summed E-state index contributed by atoms with van der Waals surface area (Å²) in [5.41, 5.74) is 0.633. The molecule has 9 heteroatoms. The Morgan fingerprint density at radius 3 is 2.06 bits per heavy atom. The fraction of sp³-hybridized carbons (Fsp3) is 0.160. The first-order valence-corrected chi connectivity index (χ1v) is 11.7. The monoisotopic (exact) mass is 483 g/mol. The molecular weight excluding hydrogens is 461 g/mol. The van der Waals surface area contributed by atoms with Gasteiger partial charge in [0.25, 0.3) is 0 Å². The van der Waals surface area contributed by atoms with Crippen molar-refractivity contribution in [3.05, 3.63) is 88.5 Å². The van der Waals surface area contributed by atoms with E-state index in [2.05, 4.69) is 0 Å². The summed E-state index contributed by atoms with van der Waals surface area (Å²) in [7, 11) is 0.240. The first-order valence-electron chi connectivity index (χ1n) is 10.2. The minimum atomic E-state index is -4.23. The van der Waals surface area contributed by atoms with E-state index in [0.717, 1.165) is 29.8 Å². The summed E-state index contributed by atoms with van der Waals surface area (Å²) in [5.74, 6) is 0.789. The lowest BCUT2D eigenvalue weighted by molar-refractivity contribution is 0.355. The van der Waals surface area contributed by atoms with Gasteiger partial charge >= 0.3 is 0 Å². The molecule has 4 rings (SSSR count). The van der Waals surface area contributed by atoms with Crippen LogP contribution in [0.15, 0.2) is 81.4 Å². The van der Waals surface area contributed by atoms with E-state index in [1.807, 2.05) is 12.1 Å². The summed E-state index contributed by atoms with van der Waals surface area (Å²) in [4.78, 5) is 12.8. The molecule has 7 nitrogen and oxygen atoms in total. The molecule has 1 aromatic heterocycles. The molecule has 0 saturated heterocycles. The molecule has 0 atom stereocenters. The Bertz CT molecular complexity index is 1510. The number of benzene rings is 3. The fourth-order valence-electron chi connectivity index (χ4n) is 3.68. The highest BCUT2D eigenvalue weighted by atomic mass is 32.2. The maximum atomic E-state index is 13.4. The van der Waals surface area contributed by atoms with Crippen LogP contribution in [-0.4, -0.2) is 34.3 Å². The normalized spacial score (nSPS) is 11.4. The molecule has 0 spiro atoms. The van der Waals surface area contributed by atoms with Crippen molar-refractivity contribution in [2.24, 2.45) is 0 Å². The molecule has 0 radical (unpaired) electrons. The second-order valence-corrected chi connectivity index (χ2v) is 9.40. The highest BCUT2D eigenvalue weighted by Gasteiger charge is 2.25. The minimum absolute atomic E-state index is 0.148.